The third kappa shape index (κ3) is 2.70. The van der Waals surface area contributed by atoms with Gasteiger partial charge in [-0.05, 0) is 19.3 Å². The summed E-state index contributed by atoms with van der Waals surface area (Å²) >= 11 is 0. The smallest absolute Gasteiger partial charge is 0.229 e. The first-order chi connectivity index (χ1) is 10.4. The topological polar surface area (TPSA) is 78.9 Å². The lowest BCUT2D eigenvalue weighted by Gasteiger charge is -2.00. The number of aromatic nitrogens is 5. The molecule has 0 radical (unpaired) electrons. The Morgan fingerprint density at radius 3 is 2.90 bits per heavy atom. The van der Waals surface area contributed by atoms with Crippen LogP contribution in [0.4, 0.5) is 0 Å². The maximum atomic E-state index is 5.38. The van der Waals surface area contributed by atoms with Crippen molar-refractivity contribution in [3.8, 4) is 0 Å². The van der Waals surface area contributed by atoms with Gasteiger partial charge in [-0.1, -0.05) is 23.2 Å². The first-order valence-corrected chi connectivity index (χ1v) is 7.69. The van der Waals surface area contributed by atoms with Gasteiger partial charge >= 0.3 is 0 Å². The molecule has 4 rings (SSSR count). The first kappa shape index (κ1) is 12.9. The highest BCUT2D eigenvalue weighted by Gasteiger charge is 2.24. The summed E-state index contributed by atoms with van der Waals surface area (Å²) in [4.78, 5) is 4.50. The zero-order valence-electron chi connectivity index (χ0n) is 11.9. The predicted molar refractivity (Wildman–Crippen MR) is 72.8 cm³/mol. The number of rotatable bonds is 4. The molecular weight excluding hydrogens is 270 g/mol. The molecule has 0 bridgehead atoms. The summed E-state index contributed by atoms with van der Waals surface area (Å²) in [6, 6.07) is 0. The summed E-state index contributed by atoms with van der Waals surface area (Å²) in [7, 11) is 0. The molecule has 2 aromatic heterocycles. The molecule has 7 nitrogen and oxygen atoms in total. The van der Waals surface area contributed by atoms with Crippen molar-refractivity contribution in [2.75, 3.05) is 13.2 Å². The van der Waals surface area contributed by atoms with Crippen LogP contribution < -0.4 is 0 Å². The highest BCUT2D eigenvalue weighted by molar-refractivity contribution is 5.04. The standard InChI is InChI=1S/C14H19N5O2/c1-2-4-10(3-1)14-15-13(17-21-14)8-19-7-12(16-18-19)11-5-6-20-9-11/h7,10-11H,1-6,8-9H2. The fraction of sp³-hybridized carbons (Fsp3) is 0.714. The highest BCUT2D eigenvalue weighted by Crippen LogP contribution is 2.32. The van der Waals surface area contributed by atoms with Gasteiger partial charge in [0.25, 0.3) is 0 Å². The lowest BCUT2D eigenvalue weighted by atomic mass is 10.1. The Morgan fingerprint density at radius 2 is 2.10 bits per heavy atom. The third-order valence-corrected chi connectivity index (χ3v) is 4.40. The molecule has 2 fully saturated rings. The molecule has 1 aliphatic heterocycles. The monoisotopic (exact) mass is 289 g/mol. The van der Waals surface area contributed by atoms with Crippen LogP contribution in [0.1, 0.15) is 61.3 Å². The largest absolute Gasteiger partial charge is 0.381 e. The van der Waals surface area contributed by atoms with Crippen molar-refractivity contribution in [1.82, 2.24) is 25.1 Å². The maximum absolute atomic E-state index is 5.38. The van der Waals surface area contributed by atoms with Crippen LogP contribution in [0.15, 0.2) is 10.7 Å². The quantitative estimate of drug-likeness (QED) is 0.855. The molecule has 0 N–H and O–H groups in total. The molecule has 7 heteroatoms. The van der Waals surface area contributed by atoms with Crippen LogP contribution in [0.3, 0.4) is 0 Å². The molecule has 1 aliphatic carbocycles. The summed E-state index contributed by atoms with van der Waals surface area (Å²) in [6.45, 7) is 2.07. The molecule has 0 spiro atoms. The number of nitrogens with zero attached hydrogens (tertiary/aromatic N) is 5. The Labute approximate surface area is 122 Å². The summed E-state index contributed by atoms with van der Waals surface area (Å²) in [6.07, 6.45) is 7.84. The van der Waals surface area contributed by atoms with E-state index in [1.54, 1.807) is 4.68 Å². The lowest BCUT2D eigenvalue weighted by Crippen LogP contribution is -2.03. The van der Waals surface area contributed by atoms with E-state index in [4.69, 9.17) is 9.26 Å². The van der Waals surface area contributed by atoms with E-state index in [0.29, 0.717) is 24.2 Å². The summed E-state index contributed by atoms with van der Waals surface area (Å²) in [5.74, 6) is 2.29. The Kier molecular flexibility index (Phi) is 3.42. The Bertz CT molecular complexity index is 544. The van der Waals surface area contributed by atoms with Crippen LogP contribution >= 0.6 is 0 Å². The minimum absolute atomic E-state index is 0.373. The molecule has 112 valence electrons. The van der Waals surface area contributed by atoms with E-state index in [1.807, 2.05) is 6.20 Å². The highest BCUT2D eigenvalue weighted by atomic mass is 16.5. The van der Waals surface area contributed by atoms with Gasteiger partial charge in [0, 0.05) is 24.6 Å². The average Bonchev–Trinajstić information content (AvgIpc) is 3.28. The zero-order chi connectivity index (χ0) is 14.1. The van der Waals surface area contributed by atoms with Gasteiger partial charge in [0.15, 0.2) is 5.82 Å². The van der Waals surface area contributed by atoms with Gasteiger partial charge < -0.3 is 9.26 Å². The van der Waals surface area contributed by atoms with Crippen molar-refractivity contribution < 1.29 is 9.26 Å². The molecule has 21 heavy (non-hydrogen) atoms. The van der Waals surface area contributed by atoms with Crippen molar-refractivity contribution >= 4 is 0 Å². The summed E-state index contributed by atoms with van der Waals surface area (Å²) in [5.41, 5.74) is 0.993. The van der Waals surface area contributed by atoms with Gasteiger partial charge in [-0.15, -0.1) is 5.10 Å². The summed E-state index contributed by atoms with van der Waals surface area (Å²) in [5, 5.41) is 12.4. The Balaban J connectivity index is 1.43. The van der Waals surface area contributed by atoms with E-state index in [0.717, 1.165) is 44.1 Å². The molecule has 2 aromatic rings. The van der Waals surface area contributed by atoms with Crippen LogP contribution in [-0.2, 0) is 11.3 Å². The molecule has 0 amide bonds. The van der Waals surface area contributed by atoms with E-state index in [2.05, 4.69) is 20.5 Å². The van der Waals surface area contributed by atoms with Gasteiger partial charge in [0.05, 0.1) is 12.3 Å². The van der Waals surface area contributed by atoms with Gasteiger partial charge in [0.1, 0.15) is 6.54 Å². The van der Waals surface area contributed by atoms with Crippen molar-refractivity contribution in [3.05, 3.63) is 23.6 Å². The average molecular weight is 289 g/mol. The molecule has 2 aliphatic rings. The fourth-order valence-corrected chi connectivity index (χ4v) is 3.16. The molecule has 1 saturated carbocycles. The van der Waals surface area contributed by atoms with E-state index in [9.17, 15) is 0 Å². The second-order valence-electron chi connectivity index (χ2n) is 5.93. The molecule has 1 unspecified atom stereocenters. The van der Waals surface area contributed by atoms with Crippen LogP contribution in [0.25, 0.3) is 0 Å². The molecule has 1 atom stereocenters. The van der Waals surface area contributed by atoms with Gasteiger partial charge in [-0.2, -0.15) is 4.98 Å². The fourth-order valence-electron chi connectivity index (χ4n) is 3.16. The van der Waals surface area contributed by atoms with Gasteiger partial charge in [-0.3, -0.25) is 0 Å². The van der Waals surface area contributed by atoms with Crippen molar-refractivity contribution in [2.24, 2.45) is 0 Å². The molecule has 3 heterocycles. The normalized spacial score (nSPS) is 23.1. The molecular formula is C14H19N5O2. The van der Waals surface area contributed by atoms with Crippen LogP contribution in [-0.4, -0.2) is 38.3 Å². The Morgan fingerprint density at radius 1 is 1.19 bits per heavy atom. The predicted octanol–water partition coefficient (Wildman–Crippen LogP) is 1.87. The maximum Gasteiger partial charge on any atom is 0.229 e. The summed E-state index contributed by atoms with van der Waals surface area (Å²) < 4.78 is 12.5. The lowest BCUT2D eigenvalue weighted by molar-refractivity contribution is 0.193. The van der Waals surface area contributed by atoms with Crippen LogP contribution in [0.2, 0.25) is 0 Å². The number of hydrogen-bond donors (Lipinski definition) is 0. The van der Waals surface area contributed by atoms with Crippen molar-refractivity contribution in [2.45, 2.75) is 50.5 Å². The van der Waals surface area contributed by atoms with Crippen molar-refractivity contribution in [3.63, 3.8) is 0 Å². The SMILES string of the molecule is c1c(C2CCOC2)nnn1Cc1noc(C2CCCC2)n1. The van der Waals surface area contributed by atoms with E-state index >= 15 is 0 Å². The van der Waals surface area contributed by atoms with Crippen molar-refractivity contribution in [1.29, 1.82) is 0 Å². The first-order valence-electron chi connectivity index (χ1n) is 7.69. The second kappa shape index (κ2) is 5.55. The minimum atomic E-state index is 0.373. The van der Waals surface area contributed by atoms with Crippen LogP contribution in [0.5, 0.6) is 0 Å². The minimum Gasteiger partial charge on any atom is -0.381 e. The van der Waals surface area contributed by atoms with Gasteiger partial charge in [0.2, 0.25) is 5.89 Å². The van der Waals surface area contributed by atoms with E-state index in [-0.39, 0.29) is 0 Å². The Hall–Kier alpha value is -1.76. The number of ether oxygens (including phenoxy) is 1. The van der Waals surface area contributed by atoms with E-state index in [1.165, 1.54) is 12.8 Å². The van der Waals surface area contributed by atoms with Gasteiger partial charge in [-0.25, -0.2) is 4.68 Å². The second-order valence-corrected chi connectivity index (χ2v) is 5.93. The molecule has 0 aromatic carbocycles. The van der Waals surface area contributed by atoms with Crippen LogP contribution in [0, 0.1) is 0 Å². The van der Waals surface area contributed by atoms with E-state index < -0.39 is 0 Å². The number of hydrogen-bond acceptors (Lipinski definition) is 6. The molecule has 1 saturated heterocycles. The zero-order valence-corrected chi connectivity index (χ0v) is 11.9. The third-order valence-electron chi connectivity index (χ3n) is 4.40.